The molecule has 7 nitrogen and oxygen atoms in total. The first-order chi connectivity index (χ1) is 14.5. The van der Waals surface area contributed by atoms with Crippen molar-refractivity contribution in [2.45, 2.75) is 38.3 Å². The second-order valence-electron chi connectivity index (χ2n) is 7.22. The molecule has 1 unspecified atom stereocenters. The molecule has 4 rings (SSSR count). The van der Waals surface area contributed by atoms with Crippen LogP contribution in [0.2, 0.25) is 5.02 Å². The van der Waals surface area contributed by atoms with Crippen LogP contribution in [0.4, 0.5) is 4.79 Å². The van der Waals surface area contributed by atoms with Gasteiger partial charge in [0, 0.05) is 10.6 Å². The summed E-state index contributed by atoms with van der Waals surface area (Å²) in [4.78, 5) is 31.6. The average molecular weight is 425 g/mol. The number of nitrogens with one attached hydrogen (secondary N) is 1. The Labute approximate surface area is 179 Å². The Balaban J connectivity index is 1.60. The molecule has 1 N–H and O–H groups in total. The third-order valence-corrected chi connectivity index (χ3v) is 5.43. The van der Waals surface area contributed by atoms with Gasteiger partial charge in [0.15, 0.2) is 0 Å². The summed E-state index contributed by atoms with van der Waals surface area (Å²) in [6, 6.07) is 15.9. The topological polar surface area (TPSA) is 88.3 Å². The third kappa shape index (κ3) is 3.68. The van der Waals surface area contributed by atoms with E-state index in [9.17, 15) is 9.59 Å². The van der Waals surface area contributed by atoms with Gasteiger partial charge in [-0.05, 0) is 24.1 Å². The molecule has 0 bridgehead atoms. The fourth-order valence-electron chi connectivity index (χ4n) is 3.64. The molecular weight excluding hydrogens is 404 g/mol. The zero-order valence-electron chi connectivity index (χ0n) is 16.5. The van der Waals surface area contributed by atoms with Gasteiger partial charge in [-0.1, -0.05) is 79.0 Å². The first-order valence-corrected chi connectivity index (χ1v) is 10.2. The summed E-state index contributed by atoms with van der Waals surface area (Å²) in [5.74, 6) is 0.211. The van der Waals surface area contributed by atoms with Crippen LogP contribution in [0.3, 0.4) is 0 Å². The summed E-state index contributed by atoms with van der Waals surface area (Å²) in [5, 5.41) is 7.42. The van der Waals surface area contributed by atoms with Crippen molar-refractivity contribution in [2.24, 2.45) is 0 Å². The SMILES string of the molecule is CCCCC1(c2ccccc2)NC(=O)N(Cc2nc(-c3cccc(Cl)c3)no2)C1=O. The smallest absolute Gasteiger partial charge is 0.325 e. The Morgan fingerprint density at radius 2 is 1.93 bits per heavy atom. The van der Waals surface area contributed by atoms with E-state index in [1.165, 1.54) is 0 Å². The van der Waals surface area contributed by atoms with Crippen LogP contribution in [-0.2, 0) is 16.9 Å². The molecule has 3 aromatic rings. The molecule has 154 valence electrons. The first kappa shape index (κ1) is 20.1. The summed E-state index contributed by atoms with van der Waals surface area (Å²) in [6.07, 6.45) is 2.23. The minimum absolute atomic E-state index is 0.0983. The number of benzene rings is 2. The van der Waals surface area contributed by atoms with Crippen molar-refractivity contribution >= 4 is 23.5 Å². The molecular formula is C22H21ClN4O3. The second kappa shape index (κ2) is 8.28. The maximum absolute atomic E-state index is 13.4. The fraction of sp³-hybridized carbons (Fsp3) is 0.273. The van der Waals surface area contributed by atoms with Crippen molar-refractivity contribution in [3.8, 4) is 11.4 Å². The molecule has 1 aliphatic rings. The molecule has 2 aromatic carbocycles. The van der Waals surface area contributed by atoms with Crippen LogP contribution in [0.1, 0.15) is 37.6 Å². The molecule has 0 aliphatic carbocycles. The van der Waals surface area contributed by atoms with Crippen molar-refractivity contribution < 1.29 is 14.1 Å². The number of nitrogens with zero attached hydrogens (tertiary/aromatic N) is 3. The van der Waals surface area contributed by atoms with E-state index in [1.54, 1.807) is 24.3 Å². The van der Waals surface area contributed by atoms with Crippen molar-refractivity contribution in [1.29, 1.82) is 0 Å². The molecule has 1 saturated heterocycles. The van der Waals surface area contributed by atoms with Gasteiger partial charge >= 0.3 is 6.03 Å². The van der Waals surface area contributed by atoms with Crippen LogP contribution in [0.15, 0.2) is 59.1 Å². The molecule has 8 heteroatoms. The fourth-order valence-corrected chi connectivity index (χ4v) is 3.83. The maximum Gasteiger partial charge on any atom is 0.325 e. The minimum atomic E-state index is -1.08. The predicted octanol–water partition coefficient (Wildman–Crippen LogP) is 4.53. The van der Waals surface area contributed by atoms with Gasteiger partial charge < -0.3 is 9.84 Å². The van der Waals surface area contributed by atoms with E-state index in [-0.39, 0.29) is 18.3 Å². The van der Waals surface area contributed by atoms with Gasteiger partial charge in [-0.25, -0.2) is 4.79 Å². The molecule has 3 amide bonds. The van der Waals surface area contributed by atoms with Gasteiger partial charge in [-0.2, -0.15) is 4.98 Å². The lowest BCUT2D eigenvalue weighted by molar-refractivity contribution is -0.132. The molecule has 2 heterocycles. The average Bonchev–Trinajstić information content (AvgIpc) is 3.32. The molecule has 1 aromatic heterocycles. The number of carbonyl (C=O) groups is 2. The number of carbonyl (C=O) groups excluding carboxylic acids is 2. The molecule has 1 atom stereocenters. The second-order valence-corrected chi connectivity index (χ2v) is 7.65. The lowest BCUT2D eigenvalue weighted by atomic mass is 9.85. The van der Waals surface area contributed by atoms with Crippen LogP contribution < -0.4 is 5.32 Å². The minimum Gasteiger partial charge on any atom is -0.337 e. The van der Waals surface area contributed by atoms with E-state index < -0.39 is 11.6 Å². The number of hydrogen-bond acceptors (Lipinski definition) is 5. The normalized spacial score (nSPS) is 18.7. The Bertz CT molecular complexity index is 1070. The summed E-state index contributed by atoms with van der Waals surface area (Å²) >= 11 is 6.02. The lowest BCUT2D eigenvalue weighted by Crippen LogP contribution is -2.44. The van der Waals surface area contributed by atoms with Crippen molar-refractivity contribution in [3.63, 3.8) is 0 Å². The Morgan fingerprint density at radius 3 is 2.67 bits per heavy atom. The zero-order chi connectivity index (χ0) is 21.1. The van der Waals surface area contributed by atoms with Crippen LogP contribution in [-0.4, -0.2) is 27.0 Å². The Kier molecular flexibility index (Phi) is 5.55. The van der Waals surface area contributed by atoms with Crippen LogP contribution in [0.5, 0.6) is 0 Å². The highest BCUT2D eigenvalue weighted by atomic mass is 35.5. The molecule has 1 fully saturated rings. The summed E-state index contributed by atoms with van der Waals surface area (Å²) in [5.41, 5.74) is 0.380. The molecule has 1 aliphatic heterocycles. The van der Waals surface area contributed by atoms with Crippen LogP contribution in [0.25, 0.3) is 11.4 Å². The summed E-state index contributed by atoms with van der Waals surface area (Å²) in [7, 11) is 0. The highest BCUT2D eigenvalue weighted by Crippen LogP contribution is 2.35. The van der Waals surface area contributed by atoms with Gasteiger partial charge in [0.1, 0.15) is 12.1 Å². The van der Waals surface area contributed by atoms with Crippen molar-refractivity contribution in [2.75, 3.05) is 0 Å². The van der Waals surface area contributed by atoms with E-state index in [1.807, 2.05) is 37.3 Å². The first-order valence-electron chi connectivity index (χ1n) is 9.81. The Hall–Kier alpha value is -3.19. The van der Waals surface area contributed by atoms with Crippen molar-refractivity contribution in [3.05, 3.63) is 71.1 Å². The largest absolute Gasteiger partial charge is 0.337 e. The third-order valence-electron chi connectivity index (χ3n) is 5.19. The number of urea groups is 1. The molecule has 0 spiro atoms. The maximum atomic E-state index is 13.4. The van der Waals surface area contributed by atoms with E-state index in [0.717, 1.165) is 23.3 Å². The van der Waals surface area contributed by atoms with Gasteiger partial charge in [0.2, 0.25) is 11.7 Å². The standard InChI is InChI=1S/C22H21ClN4O3/c1-2-3-12-22(16-9-5-4-6-10-16)20(28)27(21(29)25-22)14-18-24-19(26-30-18)15-8-7-11-17(23)13-15/h4-11,13H,2-3,12,14H2,1H3,(H,25,29). The lowest BCUT2D eigenvalue weighted by Gasteiger charge is -2.27. The van der Waals surface area contributed by atoms with Gasteiger partial charge in [-0.3, -0.25) is 9.69 Å². The number of unbranched alkanes of at least 4 members (excludes halogenated alkanes) is 1. The van der Waals surface area contributed by atoms with E-state index in [0.29, 0.717) is 22.8 Å². The molecule has 0 saturated carbocycles. The van der Waals surface area contributed by atoms with Crippen molar-refractivity contribution in [1.82, 2.24) is 20.4 Å². The van der Waals surface area contributed by atoms with Gasteiger partial charge in [0.25, 0.3) is 5.91 Å². The number of imide groups is 1. The monoisotopic (exact) mass is 424 g/mol. The van der Waals surface area contributed by atoms with E-state index in [4.69, 9.17) is 16.1 Å². The highest BCUT2D eigenvalue weighted by Gasteiger charge is 2.52. The number of rotatable bonds is 7. The van der Waals surface area contributed by atoms with Crippen LogP contribution in [0, 0.1) is 0 Å². The summed E-state index contributed by atoms with van der Waals surface area (Å²) < 4.78 is 5.29. The van der Waals surface area contributed by atoms with E-state index in [2.05, 4.69) is 15.5 Å². The number of halogens is 1. The molecule has 30 heavy (non-hydrogen) atoms. The number of hydrogen-bond donors (Lipinski definition) is 1. The quantitative estimate of drug-likeness (QED) is 0.563. The summed E-state index contributed by atoms with van der Waals surface area (Å²) in [6.45, 7) is 1.95. The number of amides is 3. The Morgan fingerprint density at radius 1 is 1.13 bits per heavy atom. The van der Waals surface area contributed by atoms with Gasteiger partial charge in [0.05, 0.1) is 0 Å². The highest BCUT2D eigenvalue weighted by molar-refractivity contribution is 6.30. The molecule has 0 radical (unpaired) electrons. The van der Waals surface area contributed by atoms with E-state index >= 15 is 0 Å². The number of aromatic nitrogens is 2. The van der Waals surface area contributed by atoms with Crippen LogP contribution >= 0.6 is 11.6 Å². The van der Waals surface area contributed by atoms with Gasteiger partial charge in [-0.15, -0.1) is 0 Å². The zero-order valence-corrected chi connectivity index (χ0v) is 17.2. The predicted molar refractivity (Wildman–Crippen MR) is 111 cm³/mol.